The van der Waals surface area contributed by atoms with Gasteiger partial charge in [0.25, 0.3) is 6.43 Å². The average molecular weight is 237 g/mol. The van der Waals surface area contributed by atoms with Gasteiger partial charge in [0.1, 0.15) is 5.82 Å². The van der Waals surface area contributed by atoms with Crippen LogP contribution in [-0.2, 0) is 10.0 Å². The highest BCUT2D eigenvalue weighted by Crippen LogP contribution is 2.30. The molecule has 0 amide bonds. The zero-order chi connectivity index (χ0) is 11.8. The Morgan fingerprint density at radius 1 is 1.47 bits per heavy atom. The summed E-state index contributed by atoms with van der Waals surface area (Å²) in [6.45, 7) is 1.43. The van der Waals surface area contributed by atoms with Gasteiger partial charge in [-0.25, -0.2) is 27.3 Å². The summed E-state index contributed by atoms with van der Waals surface area (Å²) in [5.41, 5.74) is 4.57. The fraction of sp³-hybridized carbons (Fsp3) is 0.286. The van der Waals surface area contributed by atoms with Crippen molar-refractivity contribution in [2.75, 3.05) is 5.73 Å². The van der Waals surface area contributed by atoms with Gasteiger partial charge in [-0.05, 0) is 13.0 Å². The Bertz CT molecular complexity index is 487. The van der Waals surface area contributed by atoms with Gasteiger partial charge in [0.2, 0.25) is 10.0 Å². The molecule has 0 aliphatic rings. The first-order chi connectivity index (χ1) is 6.73. The highest BCUT2D eigenvalue weighted by atomic mass is 32.2. The summed E-state index contributed by atoms with van der Waals surface area (Å²) in [5.74, 6) is -0.519. The lowest BCUT2D eigenvalue weighted by atomic mass is 10.2. The van der Waals surface area contributed by atoms with Crippen LogP contribution in [0.1, 0.15) is 17.7 Å². The molecule has 5 nitrogen and oxygen atoms in total. The SMILES string of the molecule is Cc1cc(S(N)(=O)=O)c(C(F)F)c(N)n1. The van der Waals surface area contributed by atoms with Crippen molar-refractivity contribution in [2.24, 2.45) is 5.14 Å². The second kappa shape index (κ2) is 3.70. The number of rotatable bonds is 2. The van der Waals surface area contributed by atoms with E-state index in [0.29, 0.717) is 0 Å². The number of aromatic nitrogens is 1. The van der Waals surface area contributed by atoms with Crippen LogP contribution in [0.25, 0.3) is 0 Å². The van der Waals surface area contributed by atoms with Crippen LogP contribution >= 0.6 is 0 Å². The second-order valence-corrected chi connectivity index (χ2v) is 4.44. The van der Waals surface area contributed by atoms with E-state index in [0.717, 1.165) is 6.07 Å². The number of anilines is 1. The Morgan fingerprint density at radius 2 is 2.00 bits per heavy atom. The van der Waals surface area contributed by atoms with E-state index in [1.165, 1.54) is 6.92 Å². The largest absolute Gasteiger partial charge is 0.383 e. The number of nitrogen functional groups attached to an aromatic ring is 1. The van der Waals surface area contributed by atoms with E-state index < -0.39 is 32.7 Å². The molecule has 1 heterocycles. The maximum Gasteiger partial charge on any atom is 0.268 e. The smallest absolute Gasteiger partial charge is 0.268 e. The van der Waals surface area contributed by atoms with Crippen molar-refractivity contribution in [1.82, 2.24) is 4.98 Å². The summed E-state index contributed by atoms with van der Waals surface area (Å²) in [5, 5.41) is 4.79. The Hall–Kier alpha value is -1.28. The third kappa shape index (κ3) is 2.39. The number of halogens is 2. The van der Waals surface area contributed by atoms with Crippen LogP contribution in [0.4, 0.5) is 14.6 Å². The summed E-state index contributed by atoms with van der Waals surface area (Å²) in [7, 11) is -4.22. The standard InChI is InChI=1S/C7H9F2N3O2S/c1-3-2-4(15(11,13)14)5(6(8)9)7(10)12-3/h2,6H,1H3,(H2,10,12)(H2,11,13,14). The molecule has 0 saturated heterocycles. The maximum absolute atomic E-state index is 12.5. The molecule has 84 valence electrons. The summed E-state index contributed by atoms with van der Waals surface area (Å²) in [6, 6.07) is 0.965. The van der Waals surface area contributed by atoms with Crippen LogP contribution in [0.2, 0.25) is 0 Å². The lowest BCUT2D eigenvalue weighted by molar-refractivity contribution is 0.148. The second-order valence-electron chi connectivity index (χ2n) is 2.91. The minimum atomic E-state index is -4.22. The molecule has 0 saturated carbocycles. The predicted molar refractivity (Wildman–Crippen MR) is 49.7 cm³/mol. The fourth-order valence-corrected chi connectivity index (χ4v) is 1.97. The molecule has 0 aliphatic carbocycles. The number of pyridine rings is 1. The third-order valence-electron chi connectivity index (χ3n) is 1.70. The number of sulfonamides is 1. The van der Waals surface area contributed by atoms with Crippen LogP contribution in [0.5, 0.6) is 0 Å². The molecule has 0 aromatic carbocycles. The number of primary sulfonamides is 1. The fourth-order valence-electron chi connectivity index (χ4n) is 1.13. The molecule has 0 atom stereocenters. The van der Waals surface area contributed by atoms with E-state index in [1.54, 1.807) is 0 Å². The van der Waals surface area contributed by atoms with E-state index in [-0.39, 0.29) is 5.69 Å². The zero-order valence-corrected chi connectivity index (χ0v) is 8.55. The third-order valence-corrected chi connectivity index (χ3v) is 2.65. The van der Waals surface area contributed by atoms with Crippen LogP contribution in [0.3, 0.4) is 0 Å². The Kier molecular flexibility index (Phi) is 2.91. The molecule has 1 aromatic heterocycles. The summed E-state index contributed by atoms with van der Waals surface area (Å²) < 4.78 is 47.1. The topological polar surface area (TPSA) is 99.1 Å². The van der Waals surface area contributed by atoms with Gasteiger partial charge in [0.15, 0.2) is 0 Å². The molecular formula is C7H9F2N3O2S. The lowest BCUT2D eigenvalue weighted by Gasteiger charge is -2.10. The zero-order valence-electron chi connectivity index (χ0n) is 7.74. The van der Waals surface area contributed by atoms with Crippen molar-refractivity contribution in [2.45, 2.75) is 18.2 Å². The van der Waals surface area contributed by atoms with Gasteiger partial charge >= 0.3 is 0 Å². The summed E-state index contributed by atoms with van der Waals surface area (Å²) in [4.78, 5) is 2.87. The molecule has 4 N–H and O–H groups in total. The first kappa shape index (κ1) is 11.8. The van der Waals surface area contributed by atoms with Gasteiger partial charge in [-0.15, -0.1) is 0 Å². The molecule has 1 aromatic rings. The van der Waals surface area contributed by atoms with Crippen molar-refractivity contribution < 1.29 is 17.2 Å². The number of nitrogens with two attached hydrogens (primary N) is 2. The lowest BCUT2D eigenvalue weighted by Crippen LogP contribution is -2.17. The van der Waals surface area contributed by atoms with Crippen molar-refractivity contribution in [1.29, 1.82) is 0 Å². The van der Waals surface area contributed by atoms with Crippen LogP contribution < -0.4 is 10.9 Å². The maximum atomic E-state index is 12.5. The van der Waals surface area contributed by atoms with Gasteiger partial charge in [-0.2, -0.15) is 0 Å². The minimum absolute atomic E-state index is 0.209. The number of alkyl halides is 2. The monoisotopic (exact) mass is 237 g/mol. The normalized spacial score (nSPS) is 12.1. The van der Waals surface area contributed by atoms with Gasteiger partial charge in [-0.3, -0.25) is 0 Å². The van der Waals surface area contributed by atoms with Crippen LogP contribution in [0.15, 0.2) is 11.0 Å². The number of hydrogen-bond donors (Lipinski definition) is 2. The first-order valence-corrected chi connectivity index (χ1v) is 5.36. The van der Waals surface area contributed by atoms with E-state index in [9.17, 15) is 17.2 Å². The quantitative estimate of drug-likeness (QED) is 0.784. The number of hydrogen-bond acceptors (Lipinski definition) is 4. The Balaban J connectivity index is 3.62. The average Bonchev–Trinajstić information content (AvgIpc) is 1.99. The molecule has 0 aliphatic heterocycles. The highest BCUT2D eigenvalue weighted by molar-refractivity contribution is 7.89. The van der Waals surface area contributed by atoms with Crippen LogP contribution in [0, 0.1) is 6.92 Å². The Labute approximate surface area is 85.2 Å². The molecule has 1 rings (SSSR count). The minimum Gasteiger partial charge on any atom is -0.383 e. The summed E-state index contributed by atoms with van der Waals surface area (Å²) in [6.07, 6.45) is -3.04. The van der Waals surface area contributed by atoms with Gasteiger partial charge in [0, 0.05) is 5.69 Å². The molecule has 0 bridgehead atoms. The number of aryl methyl sites for hydroxylation is 1. The highest BCUT2D eigenvalue weighted by Gasteiger charge is 2.24. The van der Waals surface area contributed by atoms with Gasteiger partial charge in [0.05, 0.1) is 10.5 Å². The first-order valence-electron chi connectivity index (χ1n) is 3.81. The van der Waals surface area contributed by atoms with Crippen LogP contribution in [-0.4, -0.2) is 13.4 Å². The van der Waals surface area contributed by atoms with Crippen molar-refractivity contribution in [3.8, 4) is 0 Å². The molecule has 15 heavy (non-hydrogen) atoms. The van der Waals surface area contributed by atoms with Crippen molar-refractivity contribution in [3.63, 3.8) is 0 Å². The van der Waals surface area contributed by atoms with Crippen molar-refractivity contribution in [3.05, 3.63) is 17.3 Å². The summed E-state index contributed by atoms with van der Waals surface area (Å²) >= 11 is 0. The molecule has 0 radical (unpaired) electrons. The molecule has 0 spiro atoms. The molecule has 0 unspecified atom stereocenters. The van der Waals surface area contributed by atoms with E-state index in [4.69, 9.17) is 10.9 Å². The van der Waals surface area contributed by atoms with E-state index in [2.05, 4.69) is 4.98 Å². The van der Waals surface area contributed by atoms with Gasteiger partial charge in [-0.1, -0.05) is 0 Å². The predicted octanol–water partition coefficient (Wildman–Crippen LogP) is 0.557. The molecular weight excluding hydrogens is 228 g/mol. The van der Waals surface area contributed by atoms with E-state index >= 15 is 0 Å². The van der Waals surface area contributed by atoms with E-state index in [1.807, 2.05) is 0 Å². The molecule has 8 heteroatoms. The Morgan fingerprint density at radius 3 is 2.40 bits per heavy atom. The van der Waals surface area contributed by atoms with Crippen molar-refractivity contribution >= 4 is 15.8 Å². The molecule has 0 fully saturated rings. The number of nitrogens with zero attached hydrogens (tertiary/aromatic N) is 1. The van der Waals surface area contributed by atoms with Gasteiger partial charge < -0.3 is 5.73 Å².